The van der Waals surface area contributed by atoms with Gasteiger partial charge in [0.25, 0.3) is 0 Å². The minimum atomic E-state index is 0.336. The molecule has 2 heterocycles. The minimum Gasteiger partial charge on any atom is -0.397 e. The molecule has 0 fully saturated rings. The van der Waals surface area contributed by atoms with Crippen molar-refractivity contribution in [1.29, 1.82) is 0 Å². The quantitative estimate of drug-likeness (QED) is 0.746. The van der Waals surface area contributed by atoms with Crippen molar-refractivity contribution in [3.8, 4) is 0 Å². The van der Waals surface area contributed by atoms with Gasteiger partial charge in [0.2, 0.25) is 0 Å². The zero-order valence-corrected chi connectivity index (χ0v) is 8.41. The van der Waals surface area contributed by atoms with Crippen LogP contribution in [0.2, 0.25) is 0 Å². The maximum atomic E-state index is 5.61. The summed E-state index contributed by atoms with van der Waals surface area (Å²) in [5, 5.41) is 7.92. The van der Waals surface area contributed by atoms with Crippen molar-refractivity contribution in [2.75, 3.05) is 11.5 Å². The van der Waals surface area contributed by atoms with Crippen molar-refractivity contribution < 1.29 is 0 Å². The minimum absolute atomic E-state index is 0.336. The fourth-order valence-electron chi connectivity index (χ4n) is 1.10. The van der Waals surface area contributed by atoms with Gasteiger partial charge in [0.05, 0.1) is 11.9 Å². The summed E-state index contributed by atoms with van der Waals surface area (Å²) in [5.41, 5.74) is 12.8. The molecule has 0 saturated heterocycles. The third-order valence-corrected chi connectivity index (χ3v) is 1.83. The van der Waals surface area contributed by atoms with Gasteiger partial charge in [0.15, 0.2) is 5.82 Å². The van der Waals surface area contributed by atoms with Gasteiger partial charge in [-0.05, 0) is 18.2 Å². The maximum absolute atomic E-state index is 5.61. The number of aromatic nitrogens is 2. The highest BCUT2D eigenvalue weighted by Crippen LogP contribution is 2.22. The molecule has 6 nitrogen and oxygen atoms in total. The molecule has 0 aliphatic heterocycles. The van der Waals surface area contributed by atoms with Crippen LogP contribution in [-0.2, 0) is 0 Å². The van der Waals surface area contributed by atoms with Crippen LogP contribution in [0, 0.1) is 0 Å². The molecule has 4 N–H and O–H groups in total. The van der Waals surface area contributed by atoms with E-state index in [0.717, 1.165) is 0 Å². The normalized spacial score (nSPS) is 10.8. The number of rotatable bonds is 2. The van der Waals surface area contributed by atoms with E-state index in [-0.39, 0.29) is 0 Å². The topological polar surface area (TPSA) is 103 Å². The second-order valence-electron chi connectivity index (χ2n) is 3.08. The van der Waals surface area contributed by atoms with E-state index < -0.39 is 0 Å². The molecule has 2 rings (SSSR count). The maximum Gasteiger partial charge on any atom is 0.151 e. The lowest BCUT2D eigenvalue weighted by atomic mass is 10.4. The Labute approximate surface area is 92.1 Å². The Morgan fingerprint density at radius 3 is 2.75 bits per heavy atom. The predicted molar refractivity (Wildman–Crippen MR) is 61.5 cm³/mol. The van der Waals surface area contributed by atoms with Crippen LogP contribution >= 0.6 is 0 Å². The standard InChI is InChI=1S/C10H10N6/c11-7-4-8(6-13-5-7)15-16-9-2-1-3-14-10(9)12/h1-6H,11H2,(H2,12,14). The van der Waals surface area contributed by atoms with Crippen LogP contribution in [0.4, 0.5) is 22.9 Å². The number of nitrogen functional groups attached to an aromatic ring is 2. The summed E-state index contributed by atoms with van der Waals surface area (Å²) >= 11 is 0. The van der Waals surface area contributed by atoms with Crippen molar-refractivity contribution in [1.82, 2.24) is 9.97 Å². The summed E-state index contributed by atoms with van der Waals surface area (Å²) in [6, 6.07) is 5.14. The van der Waals surface area contributed by atoms with Gasteiger partial charge in [-0.3, -0.25) is 4.98 Å². The molecule has 0 amide bonds. The molecular weight excluding hydrogens is 204 g/mol. The Bertz CT molecular complexity index is 522. The lowest BCUT2D eigenvalue weighted by molar-refractivity contribution is 1.18. The third kappa shape index (κ3) is 2.30. The van der Waals surface area contributed by atoms with Crippen molar-refractivity contribution in [3.05, 3.63) is 36.8 Å². The molecule has 80 valence electrons. The van der Waals surface area contributed by atoms with E-state index in [1.54, 1.807) is 30.6 Å². The number of nitrogens with zero attached hydrogens (tertiary/aromatic N) is 4. The van der Waals surface area contributed by atoms with Gasteiger partial charge in [0, 0.05) is 12.4 Å². The van der Waals surface area contributed by atoms with E-state index in [0.29, 0.717) is 22.9 Å². The largest absolute Gasteiger partial charge is 0.397 e. The first-order valence-corrected chi connectivity index (χ1v) is 4.58. The van der Waals surface area contributed by atoms with E-state index in [1.807, 2.05) is 0 Å². The zero-order chi connectivity index (χ0) is 11.4. The van der Waals surface area contributed by atoms with Crippen LogP contribution in [0.5, 0.6) is 0 Å². The van der Waals surface area contributed by atoms with Gasteiger partial charge in [-0.25, -0.2) is 4.98 Å². The van der Waals surface area contributed by atoms with E-state index >= 15 is 0 Å². The predicted octanol–water partition coefficient (Wildman–Crippen LogP) is 2.06. The van der Waals surface area contributed by atoms with Crippen molar-refractivity contribution >= 4 is 22.9 Å². The summed E-state index contributed by atoms with van der Waals surface area (Å²) in [7, 11) is 0. The fourth-order valence-corrected chi connectivity index (χ4v) is 1.10. The van der Waals surface area contributed by atoms with Crippen LogP contribution < -0.4 is 11.5 Å². The summed E-state index contributed by atoms with van der Waals surface area (Å²) in [6.07, 6.45) is 4.69. The molecule has 6 heteroatoms. The molecule has 2 aromatic rings. The van der Waals surface area contributed by atoms with Gasteiger partial charge in [0.1, 0.15) is 11.4 Å². The first kappa shape index (κ1) is 10.0. The lowest BCUT2D eigenvalue weighted by Crippen LogP contribution is -1.88. The van der Waals surface area contributed by atoms with Crippen LogP contribution in [0.1, 0.15) is 0 Å². The number of hydrogen-bond acceptors (Lipinski definition) is 6. The molecule has 0 radical (unpaired) electrons. The van der Waals surface area contributed by atoms with Crippen LogP contribution in [0.25, 0.3) is 0 Å². The Kier molecular flexibility index (Phi) is 2.73. The smallest absolute Gasteiger partial charge is 0.151 e. The highest BCUT2D eigenvalue weighted by atomic mass is 15.1. The highest BCUT2D eigenvalue weighted by Gasteiger charge is 1.96. The van der Waals surface area contributed by atoms with Gasteiger partial charge in [-0.15, -0.1) is 10.2 Å². The van der Waals surface area contributed by atoms with Crippen LogP contribution in [-0.4, -0.2) is 9.97 Å². The second-order valence-corrected chi connectivity index (χ2v) is 3.08. The second kappa shape index (κ2) is 4.35. The Balaban J connectivity index is 2.25. The fraction of sp³-hybridized carbons (Fsp3) is 0. The molecule has 0 aromatic carbocycles. The van der Waals surface area contributed by atoms with E-state index in [1.165, 1.54) is 6.20 Å². The number of azo groups is 1. The van der Waals surface area contributed by atoms with Crippen molar-refractivity contribution in [2.24, 2.45) is 10.2 Å². The van der Waals surface area contributed by atoms with E-state index in [9.17, 15) is 0 Å². The average Bonchev–Trinajstić information content (AvgIpc) is 2.28. The molecule has 0 atom stereocenters. The zero-order valence-electron chi connectivity index (χ0n) is 8.41. The molecule has 0 saturated carbocycles. The number of anilines is 2. The SMILES string of the molecule is Nc1cncc(N=Nc2cccnc2N)c1. The molecule has 0 unspecified atom stereocenters. The summed E-state index contributed by atoms with van der Waals surface area (Å²) < 4.78 is 0. The monoisotopic (exact) mass is 214 g/mol. The summed E-state index contributed by atoms with van der Waals surface area (Å²) in [5.74, 6) is 0.336. The average molecular weight is 214 g/mol. The summed E-state index contributed by atoms with van der Waals surface area (Å²) in [6.45, 7) is 0. The number of pyridine rings is 2. The molecule has 0 bridgehead atoms. The van der Waals surface area contributed by atoms with Gasteiger partial charge in [-0.2, -0.15) is 0 Å². The molecule has 16 heavy (non-hydrogen) atoms. The Hall–Kier alpha value is -2.50. The molecule has 2 aromatic heterocycles. The third-order valence-electron chi connectivity index (χ3n) is 1.83. The molecule has 0 aliphatic rings. The van der Waals surface area contributed by atoms with Crippen LogP contribution in [0.15, 0.2) is 47.0 Å². The van der Waals surface area contributed by atoms with Crippen molar-refractivity contribution in [3.63, 3.8) is 0 Å². The van der Waals surface area contributed by atoms with Gasteiger partial charge < -0.3 is 11.5 Å². The first-order valence-electron chi connectivity index (χ1n) is 4.58. The molecular formula is C10H10N6. The first-order chi connectivity index (χ1) is 7.75. The van der Waals surface area contributed by atoms with Gasteiger partial charge >= 0.3 is 0 Å². The Morgan fingerprint density at radius 1 is 1.12 bits per heavy atom. The van der Waals surface area contributed by atoms with Crippen molar-refractivity contribution in [2.45, 2.75) is 0 Å². The lowest BCUT2D eigenvalue weighted by Gasteiger charge is -1.96. The highest BCUT2D eigenvalue weighted by molar-refractivity contribution is 5.56. The molecule has 0 spiro atoms. The summed E-state index contributed by atoms with van der Waals surface area (Å²) in [4.78, 5) is 7.79. The van der Waals surface area contributed by atoms with Gasteiger partial charge in [-0.1, -0.05) is 0 Å². The van der Waals surface area contributed by atoms with E-state index in [4.69, 9.17) is 11.5 Å². The van der Waals surface area contributed by atoms with E-state index in [2.05, 4.69) is 20.2 Å². The number of hydrogen-bond donors (Lipinski definition) is 2. The number of nitrogens with two attached hydrogens (primary N) is 2. The van der Waals surface area contributed by atoms with Crippen LogP contribution in [0.3, 0.4) is 0 Å². The molecule has 0 aliphatic carbocycles. The Morgan fingerprint density at radius 2 is 2.00 bits per heavy atom.